The lowest BCUT2D eigenvalue weighted by molar-refractivity contribution is -0.151. The van der Waals surface area contributed by atoms with Crippen LogP contribution < -0.4 is 10.1 Å². The number of carbonyl (C=O) groups is 1. The highest BCUT2D eigenvalue weighted by Crippen LogP contribution is 2.40. The summed E-state index contributed by atoms with van der Waals surface area (Å²) < 4.78 is 36.5. The van der Waals surface area contributed by atoms with Crippen molar-refractivity contribution in [3.05, 3.63) is 29.8 Å². The molecule has 0 amide bonds. The number of rotatable bonds is 6. The van der Waals surface area contributed by atoms with Crippen LogP contribution in [0.2, 0.25) is 0 Å². The molecule has 0 aliphatic heterocycles. The van der Waals surface area contributed by atoms with E-state index in [9.17, 15) is 13.6 Å². The van der Waals surface area contributed by atoms with Gasteiger partial charge in [0.05, 0.1) is 7.11 Å². The molecule has 1 fully saturated rings. The minimum atomic E-state index is -0.990. The van der Waals surface area contributed by atoms with E-state index in [1.165, 1.54) is 13.2 Å². The van der Waals surface area contributed by atoms with Crippen LogP contribution in [0.5, 0.6) is 5.75 Å². The van der Waals surface area contributed by atoms with Crippen LogP contribution in [0.4, 0.5) is 8.78 Å². The third kappa shape index (κ3) is 2.75. The van der Waals surface area contributed by atoms with Crippen molar-refractivity contribution in [2.45, 2.75) is 18.4 Å². The molecule has 4 nitrogen and oxygen atoms in total. The lowest BCUT2D eigenvalue weighted by Crippen LogP contribution is -2.57. The Hall–Kier alpha value is -1.69. The molecule has 1 N–H and O–H groups in total. The number of nitrogens with one attached hydrogen (secondary N) is 1. The number of halogens is 2. The summed E-state index contributed by atoms with van der Waals surface area (Å²) in [5.41, 5.74) is -0.990. The van der Waals surface area contributed by atoms with Gasteiger partial charge in [0.1, 0.15) is 12.4 Å². The van der Waals surface area contributed by atoms with E-state index < -0.39 is 23.1 Å². The normalized spacial score (nSPS) is 17.4. The summed E-state index contributed by atoms with van der Waals surface area (Å²) in [5, 5.41) is 2.93. The number of benzene rings is 1. The smallest absolute Gasteiger partial charge is 0.329 e. The molecule has 1 unspecified atom stereocenters. The summed E-state index contributed by atoms with van der Waals surface area (Å²) in [6.45, 7) is -0.0661. The second-order valence-electron chi connectivity index (χ2n) is 4.85. The molecule has 0 bridgehead atoms. The molecule has 0 aromatic heterocycles. The predicted octanol–water partition coefficient (Wildman–Crippen LogP) is 1.88. The molecule has 1 saturated carbocycles. The fraction of sp³-hybridized carbons (Fsp3) is 0.500. The molecular weight excluding hydrogens is 268 g/mol. The van der Waals surface area contributed by atoms with E-state index in [0.717, 1.165) is 25.0 Å². The van der Waals surface area contributed by atoms with Crippen molar-refractivity contribution >= 4 is 5.97 Å². The summed E-state index contributed by atoms with van der Waals surface area (Å²) in [4.78, 5) is 12.0. The van der Waals surface area contributed by atoms with Gasteiger partial charge in [-0.2, -0.15) is 0 Å². The second-order valence-corrected chi connectivity index (χ2v) is 4.85. The van der Waals surface area contributed by atoms with E-state index in [1.807, 2.05) is 0 Å². The average Bonchev–Trinajstić information content (AvgIpc) is 3.26. The molecule has 0 radical (unpaired) electrons. The van der Waals surface area contributed by atoms with Gasteiger partial charge in [-0.25, -0.2) is 13.6 Å². The van der Waals surface area contributed by atoms with Gasteiger partial charge in [-0.3, -0.25) is 0 Å². The molecule has 1 atom stereocenters. The van der Waals surface area contributed by atoms with E-state index in [0.29, 0.717) is 0 Å². The van der Waals surface area contributed by atoms with E-state index in [1.54, 1.807) is 7.05 Å². The Morgan fingerprint density at radius 1 is 1.45 bits per heavy atom. The van der Waals surface area contributed by atoms with Crippen LogP contribution in [0.15, 0.2) is 18.2 Å². The molecule has 20 heavy (non-hydrogen) atoms. The molecule has 0 saturated heterocycles. The first-order chi connectivity index (χ1) is 9.53. The third-order valence-corrected chi connectivity index (χ3v) is 3.62. The van der Waals surface area contributed by atoms with Crippen LogP contribution in [-0.4, -0.2) is 32.3 Å². The van der Waals surface area contributed by atoms with Crippen molar-refractivity contribution in [2.24, 2.45) is 5.92 Å². The summed E-state index contributed by atoms with van der Waals surface area (Å²) in [6, 6.07) is 3.05. The summed E-state index contributed by atoms with van der Waals surface area (Å²) in [6.07, 6.45) is 1.76. The van der Waals surface area contributed by atoms with Gasteiger partial charge in [0.15, 0.2) is 17.1 Å². The summed E-state index contributed by atoms with van der Waals surface area (Å²) in [5.74, 6) is -1.90. The topological polar surface area (TPSA) is 47.6 Å². The van der Waals surface area contributed by atoms with Gasteiger partial charge in [-0.1, -0.05) is 0 Å². The maximum absolute atomic E-state index is 13.5. The van der Waals surface area contributed by atoms with Crippen LogP contribution in [0.1, 0.15) is 12.8 Å². The highest BCUT2D eigenvalue weighted by atomic mass is 19.1. The first kappa shape index (κ1) is 14.7. The zero-order valence-electron chi connectivity index (χ0n) is 11.4. The Bertz CT molecular complexity index is 505. The molecule has 1 aliphatic rings. The zero-order chi connectivity index (χ0) is 14.8. The molecule has 0 heterocycles. The molecule has 0 spiro atoms. The van der Waals surface area contributed by atoms with Gasteiger partial charge in [-0.15, -0.1) is 0 Å². The van der Waals surface area contributed by atoms with Crippen molar-refractivity contribution in [2.75, 3.05) is 20.8 Å². The number of ether oxygens (including phenoxy) is 2. The molecule has 1 aromatic carbocycles. The van der Waals surface area contributed by atoms with E-state index in [-0.39, 0.29) is 18.3 Å². The van der Waals surface area contributed by atoms with Crippen LogP contribution in [0, 0.1) is 17.6 Å². The molecule has 1 aliphatic carbocycles. The van der Waals surface area contributed by atoms with Crippen molar-refractivity contribution in [1.82, 2.24) is 5.32 Å². The number of hydrogen-bond donors (Lipinski definition) is 1. The third-order valence-electron chi connectivity index (χ3n) is 3.62. The quantitative estimate of drug-likeness (QED) is 0.811. The monoisotopic (exact) mass is 285 g/mol. The number of methoxy groups -OCH3 is 1. The van der Waals surface area contributed by atoms with Gasteiger partial charge in [0, 0.05) is 6.07 Å². The summed E-state index contributed by atoms with van der Waals surface area (Å²) in [7, 11) is 2.94. The largest absolute Gasteiger partial charge is 0.488 e. The Morgan fingerprint density at radius 2 is 2.15 bits per heavy atom. The van der Waals surface area contributed by atoms with Crippen LogP contribution >= 0.6 is 0 Å². The fourth-order valence-corrected chi connectivity index (χ4v) is 2.26. The van der Waals surface area contributed by atoms with E-state index in [2.05, 4.69) is 5.32 Å². The Labute approximate surface area is 116 Å². The number of likely N-dealkylation sites (N-methyl/N-ethyl adjacent to an activating group) is 1. The van der Waals surface area contributed by atoms with E-state index in [4.69, 9.17) is 9.47 Å². The Morgan fingerprint density at radius 3 is 2.65 bits per heavy atom. The molecule has 110 valence electrons. The SMILES string of the molecule is CNC(COc1ccc(F)cc1F)(C(=O)OC)C1CC1. The fourth-order valence-electron chi connectivity index (χ4n) is 2.26. The molecule has 2 rings (SSSR count). The van der Waals surface area contributed by atoms with Crippen LogP contribution in [0.25, 0.3) is 0 Å². The number of carbonyl (C=O) groups excluding carboxylic acids is 1. The lowest BCUT2D eigenvalue weighted by atomic mass is 9.94. The Balaban J connectivity index is 2.14. The predicted molar refractivity (Wildman–Crippen MR) is 68.4 cm³/mol. The van der Waals surface area contributed by atoms with Gasteiger partial charge < -0.3 is 14.8 Å². The van der Waals surface area contributed by atoms with Crippen molar-refractivity contribution in [1.29, 1.82) is 0 Å². The number of esters is 1. The lowest BCUT2D eigenvalue weighted by Gasteiger charge is -2.30. The second kappa shape index (κ2) is 5.75. The molecule has 1 aromatic rings. The molecular formula is C14H17F2NO3. The van der Waals surface area contributed by atoms with Crippen molar-refractivity contribution in [3.63, 3.8) is 0 Å². The first-order valence-corrected chi connectivity index (χ1v) is 6.38. The maximum Gasteiger partial charge on any atom is 0.329 e. The van der Waals surface area contributed by atoms with Gasteiger partial charge >= 0.3 is 5.97 Å². The van der Waals surface area contributed by atoms with E-state index >= 15 is 0 Å². The zero-order valence-corrected chi connectivity index (χ0v) is 11.4. The highest BCUT2D eigenvalue weighted by molar-refractivity contribution is 5.82. The van der Waals surface area contributed by atoms with Crippen molar-refractivity contribution in [3.8, 4) is 5.75 Å². The highest BCUT2D eigenvalue weighted by Gasteiger charge is 2.52. The Kier molecular flexibility index (Phi) is 4.23. The van der Waals surface area contributed by atoms with Crippen LogP contribution in [-0.2, 0) is 9.53 Å². The standard InChI is InChI=1S/C14H17F2NO3/c1-17-14(9-3-4-9,13(18)19-2)8-20-12-6-5-10(15)7-11(12)16/h5-7,9,17H,3-4,8H2,1-2H3. The number of hydrogen-bond acceptors (Lipinski definition) is 4. The van der Waals surface area contributed by atoms with Gasteiger partial charge in [0.2, 0.25) is 0 Å². The average molecular weight is 285 g/mol. The van der Waals surface area contributed by atoms with Crippen molar-refractivity contribution < 1.29 is 23.0 Å². The minimum Gasteiger partial charge on any atom is -0.488 e. The summed E-state index contributed by atoms with van der Waals surface area (Å²) >= 11 is 0. The molecule has 6 heteroatoms. The van der Waals surface area contributed by atoms with Gasteiger partial charge in [-0.05, 0) is 37.9 Å². The first-order valence-electron chi connectivity index (χ1n) is 6.38. The van der Waals surface area contributed by atoms with Gasteiger partial charge in [0.25, 0.3) is 0 Å². The maximum atomic E-state index is 13.5. The minimum absolute atomic E-state index is 0.0661. The van der Waals surface area contributed by atoms with Crippen LogP contribution in [0.3, 0.4) is 0 Å².